The maximum Gasteiger partial charge on any atom is 0.359 e. The second-order valence-electron chi connectivity index (χ2n) is 1.69. The van der Waals surface area contributed by atoms with Gasteiger partial charge >= 0.3 is 11.9 Å². The van der Waals surface area contributed by atoms with Gasteiger partial charge in [0.25, 0.3) is 0 Å². The second kappa shape index (κ2) is 2.86. The summed E-state index contributed by atoms with van der Waals surface area (Å²) in [5.74, 6) is -3.01. The summed E-state index contributed by atoms with van der Waals surface area (Å²) in [7, 11) is 0. The Hall–Kier alpha value is -2.12. The molecule has 8 heteroatoms. The van der Waals surface area contributed by atoms with Crippen molar-refractivity contribution in [1.29, 1.82) is 0 Å². The predicted molar refractivity (Wildman–Crippen MR) is 31.5 cm³/mol. The maximum atomic E-state index is 10.3. The quantitative estimate of drug-likeness (QED) is 0.558. The van der Waals surface area contributed by atoms with Crippen LogP contribution in [0.25, 0.3) is 0 Å². The van der Waals surface area contributed by atoms with Gasteiger partial charge in [0.15, 0.2) is 0 Å². The van der Waals surface area contributed by atoms with E-state index < -0.39 is 23.3 Å². The highest BCUT2D eigenvalue weighted by atomic mass is 16.4. The van der Waals surface area contributed by atoms with Crippen LogP contribution in [0.4, 0.5) is 0 Å². The molecule has 0 fully saturated rings. The molecule has 0 spiro atoms. The lowest BCUT2D eigenvalue weighted by Crippen LogP contribution is -2.15. The van der Waals surface area contributed by atoms with Gasteiger partial charge in [0.2, 0.25) is 11.4 Å². The van der Waals surface area contributed by atoms with E-state index in [-0.39, 0.29) is 0 Å². The van der Waals surface area contributed by atoms with Crippen LogP contribution >= 0.6 is 0 Å². The zero-order chi connectivity index (χ0) is 9.14. The van der Waals surface area contributed by atoms with Crippen molar-refractivity contribution in [2.75, 3.05) is 0 Å². The van der Waals surface area contributed by atoms with Gasteiger partial charge in [-0.2, -0.15) is 0 Å². The van der Waals surface area contributed by atoms with Crippen molar-refractivity contribution < 1.29 is 19.8 Å². The first-order valence-electron chi connectivity index (χ1n) is 2.65. The number of carbonyl (C=O) groups is 2. The molecule has 0 unspecified atom stereocenters. The number of hydrogen-bond acceptors (Lipinski definition) is 6. The normalized spacial score (nSPS) is 9.33. The molecule has 1 heterocycles. The van der Waals surface area contributed by atoms with E-state index in [4.69, 9.17) is 10.2 Å². The molecular formula is C4H2N4O4. The molecular weight excluding hydrogens is 168 g/mol. The number of carboxylic acids is 2. The minimum absolute atomic E-state index is 0.725. The van der Waals surface area contributed by atoms with Crippen molar-refractivity contribution in [1.82, 2.24) is 20.6 Å². The summed E-state index contributed by atoms with van der Waals surface area (Å²) in [6, 6.07) is 0. The number of aromatic nitrogens is 4. The van der Waals surface area contributed by atoms with E-state index in [1.54, 1.807) is 0 Å². The molecule has 0 amide bonds. The maximum absolute atomic E-state index is 10.3. The number of aromatic carboxylic acids is 2. The summed E-state index contributed by atoms with van der Waals surface area (Å²) < 4.78 is 0. The Bertz CT molecular complexity index is 305. The van der Waals surface area contributed by atoms with E-state index in [0.717, 1.165) is 0 Å². The fourth-order valence-electron chi connectivity index (χ4n) is 0.512. The molecule has 0 bridgehead atoms. The molecule has 0 saturated carbocycles. The molecule has 2 N–H and O–H groups in total. The number of hydrogen-bond donors (Lipinski definition) is 2. The molecule has 0 aromatic carbocycles. The third kappa shape index (κ3) is 1.31. The topological polar surface area (TPSA) is 126 Å². The Kier molecular flexibility index (Phi) is 1.90. The predicted octanol–water partition coefficient (Wildman–Crippen LogP) is -1.34. The third-order valence-corrected chi connectivity index (χ3v) is 0.959. The van der Waals surface area contributed by atoms with Gasteiger partial charge in [0.05, 0.1) is 0 Å². The van der Waals surface area contributed by atoms with E-state index in [1.165, 1.54) is 0 Å². The molecule has 0 aliphatic heterocycles. The average Bonchev–Trinajstić information content (AvgIpc) is 2.04. The Morgan fingerprint density at radius 2 is 1.25 bits per heavy atom. The molecule has 8 nitrogen and oxygen atoms in total. The van der Waals surface area contributed by atoms with Gasteiger partial charge in [-0.05, 0) is 10.4 Å². The van der Waals surface area contributed by atoms with Crippen LogP contribution in [-0.4, -0.2) is 42.8 Å². The van der Waals surface area contributed by atoms with Gasteiger partial charge in [-0.15, -0.1) is 10.2 Å². The second-order valence-corrected chi connectivity index (χ2v) is 1.69. The molecule has 0 radical (unpaired) electrons. The first-order chi connectivity index (χ1) is 5.63. The minimum Gasteiger partial charge on any atom is -0.476 e. The zero-order valence-electron chi connectivity index (χ0n) is 5.50. The van der Waals surface area contributed by atoms with Crippen LogP contribution in [0.1, 0.15) is 21.0 Å². The molecule has 12 heavy (non-hydrogen) atoms. The molecule has 62 valence electrons. The lowest BCUT2D eigenvalue weighted by Gasteiger charge is -1.93. The average molecular weight is 170 g/mol. The van der Waals surface area contributed by atoms with E-state index in [0.29, 0.717) is 0 Å². The standard InChI is InChI=1S/C4H2N4O4/c9-3(10)1-2(4(11)12)6-8-7-5-1/h(H,9,10)(H,11,12). The smallest absolute Gasteiger partial charge is 0.359 e. The van der Waals surface area contributed by atoms with Gasteiger partial charge in [-0.25, -0.2) is 9.59 Å². The van der Waals surface area contributed by atoms with Gasteiger partial charge in [0.1, 0.15) is 0 Å². The Labute approximate surface area is 64.9 Å². The van der Waals surface area contributed by atoms with Gasteiger partial charge in [-0.3, -0.25) is 0 Å². The molecule has 1 aromatic rings. The van der Waals surface area contributed by atoms with E-state index in [1.807, 2.05) is 0 Å². The molecule has 0 saturated heterocycles. The number of nitrogens with zero attached hydrogens (tertiary/aromatic N) is 4. The lowest BCUT2D eigenvalue weighted by molar-refractivity contribution is 0.0636. The molecule has 0 aliphatic carbocycles. The van der Waals surface area contributed by atoms with Crippen LogP contribution < -0.4 is 0 Å². The third-order valence-electron chi connectivity index (χ3n) is 0.959. The fraction of sp³-hybridized carbons (Fsp3) is 0. The molecule has 0 atom stereocenters. The first kappa shape index (κ1) is 7.98. The Morgan fingerprint density at radius 1 is 0.917 bits per heavy atom. The van der Waals surface area contributed by atoms with Crippen LogP contribution in [0.15, 0.2) is 0 Å². The Balaban J connectivity index is 3.27. The van der Waals surface area contributed by atoms with Crippen molar-refractivity contribution in [2.24, 2.45) is 0 Å². The van der Waals surface area contributed by atoms with Crippen molar-refractivity contribution in [3.8, 4) is 0 Å². The molecule has 1 rings (SSSR count). The number of carboxylic acid groups (broad SMARTS) is 2. The molecule has 1 aromatic heterocycles. The van der Waals surface area contributed by atoms with E-state index >= 15 is 0 Å². The summed E-state index contributed by atoms with van der Waals surface area (Å²) in [5, 5.41) is 28.5. The SMILES string of the molecule is O=C(O)c1nnnnc1C(=O)O. The highest BCUT2D eigenvalue weighted by molar-refractivity contribution is 5.98. The molecule has 0 aliphatic rings. The van der Waals surface area contributed by atoms with Gasteiger partial charge in [0, 0.05) is 0 Å². The largest absolute Gasteiger partial charge is 0.476 e. The van der Waals surface area contributed by atoms with Crippen LogP contribution in [0, 0.1) is 0 Å². The van der Waals surface area contributed by atoms with Crippen LogP contribution in [0.5, 0.6) is 0 Å². The van der Waals surface area contributed by atoms with E-state index in [2.05, 4.69) is 20.6 Å². The van der Waals surface area contributed by atoms with Crippen molar-refractivity contribution in [2.45, 2.75) is 0 Å². The summed E-state index contributed by atoms with van der Waals surface area (Å²) >= 11 is 0. The summed E-state index contributed by atoms with van der Waals surface area (Å²) in [6.45, 7) is 0. The summed E-state index contributed by atoms with van der Waals surface area (Å²) in [5.41, 5.74) is -1.45. The monoisotopic (exact) mass is 170 g/mol. The highest BCUT2D eigenvalue weighted by Crippen LogP contribution is 1.97. The minimum atomic E-state index is -1.50. The summed E-state index contributed by atoms with van der Waals surface area (Å²) in [4.78, 5) is 20.6. The van der Waals surface area contributed by atoms with Crippen LogP contribution in [-0.2, 0) is 0 Å². The van der Waals surface area contributed by atoms with Gasteiger partial charge in [-0.1, -0.05) is 0 Å². The Morgan fingerprint density at radius 3 is 1.50 bits per heavy atom. The van der Waals surface area contributed by atoms with E-state index in [9.17, 15) is 9.59 Å². The lowest BCUT2D eigenvalue weighted by atomic mass is 10.3. The zero-order valence-corrected chi connectivity index (χ0v) is 5.50. The fourth-order valence-corrected chi connectivity index (χ4v) is 0.512. The first-order valence-corrected chi connectivity index (χ1v) is 2.65. The van der Waals surface area contributed by atoms with Crippen molar-refractivity contribution in [3.63, 3.8) is 0 Å². The van der Waals surface area contributed by atoms with Crippen LogP contribution in [0.2, 0.25) is 0 Å². The highest BCUT2D eigenvalue weighted by Gasteiger charge is 2.19. The van der Waals surface area contributed by atoms with Crippen molar-refractivity contribution >= 4 is 11.9 Å². The van der Waals surface area contributed by atoms with Gasteiger partial charge < -0.3 is 10.2 Å². The summed E-state index contributed by atoms with van der Waals surface area (Å²) in [6.07, 6.45) is 0. The van der Waals surface area contributed by atoms with Crippen molar-refractivity contribution in [3.05, 3.63) is 11.4 Å². The van der Waals surface area contributed by atoms with Crippen LogP contribution in [0.3, 0.4) is 0 Å². The number of rotatable bonds is 2.